The van der Waals surface area contributed by atoms with E-state index >= 15 is 0 Å². The highest BCUT2D eigenvalue weighted by atomic mass is 16.3. The number of hydrogen-bond acceptors (Lipinski definition) is 0. The molecular formula is C8H17O. The maximum absolute atomic E-state index is 10.5. The summed E-state index contributed by atoms with van der Waals surface area (Å²) in [5, 5.41) is 10.5. The third-order valence-electron chi connectivity index (χ3n) is 1.92. The number of rotatable bonds is 2. The van der Waals surface area contributed by atoms with Crippen molar-refractivity contribution >= 4 is 0 Å². The molecule has 0 saturated carbocycles. The molecule has 55 valence electrons. The number of hydrogen-bond donors (Lipinski definition) is 0. The molecule has 0 aliphatic rings. The lowest BCUT2D eigenvalue weighted by Crippen LogP contribution is -2.22. The second-order valence-electron chi connectivity index (χ2n) is 3.64. The summed E-state index contributed by atoms with van der Waals surface area (Å²) in [5.41, 5.74) is 0.205. The molecule has 1 heteroatoms. The summed E-state index contributed by atoms with van der Waals surface area (Å²) in [4.78, 5) is 0. The van der Waals surface area contributed by atoms with E-state index in [1.165, 1.54) is 0 Å². The van der Waals surface area contributed by atoms with Gasteiger partial charge in [-0.3, -0.25) is 0 Å². The van der Waals surface area contributed by atoms with Crippen LogP contribution in [0.5, 0.6) is 0 Å². The Morgan fingerprint density at radius 3 is 1.78 bits per heavy atom. The Morgan fingerprint density at radius 1 is 1.33 bits per heavy atom. The van der Waals surface area contributed by atoms with E-state index in [-0.39, 0.29) is 12.0 Å². The summed E-state index contributed by atoms with van der Waals surface area (Å²) < 4.78 is 0. The lowest BCUT2D eigenvalue weighted by Gasteiger charge is -2.26. The minimum atomic E-state index is 0.0694. The molecular weight excluding hydrogens is 112 g/mol. The molecule has 0 fully saturated rings. The van der Waals surface area contributed by atoms with E-state index in [0.29, 0.717) is 5.92 Å². The molecule has 1 radical (unpaired) electrons. The molecule has 0 rings (SSSR count). The van der Waals surface area contributed by atoms with Crippen molar-refractivity contribution in [2.75, 3.05) is 6.61 Å². The van der Waals surface area contributed by atoms with Gasteiger partial charge in [-0.15, -0.1) is 0 Å². The van der Waals surface area contributed by atoms with Gasteiger partial charge in [0.1, 0.15) is 0 Å². The second-order valence-corrected chi connectivity index (χ2v) is 3.64. The van der Waals surface area contributed by atoms with Crippen LogP contribution >= 0.6 is 0 Å². The largest absolute Gasteiger partial charge is 0.236 e. The van der Waals surface area contributed by atoms with Crippen LogP contribution in [0.25, 0.3) is 0 Å². The highest BCUT2D eigenvalue weighted by molar-refractivity contribution is 4.71. The first kappa shape index (κ1) is 8.96. The average Bonchev–Trinajstić information content (AvgIpc) is 1.65. The summed E-state index contributed by atoms with van der Waals surface area (Å²) in [6.45, 7) is 8.52. The SMILES string of the molecule is CCC(C[O])C(C)(C)C. The summed E-state index contributed by atoms with van der Waals surface area (Å²) in [5.74, 6) is 0.345. The molecule has 0 heterocycles. The van der Waals surface area contributed by atoms with Gasteiger partial charge in [0, 0.05) is 0 Å². The molecule has 0 aromatic heterocycles. The Labute approximate surface area is 58.1 Å². The lowest BCUT2D eigenvalue weighted by atomic mass is 9.80. The van der Waals surface area contributed by atoms with Crippen molar-refractivity contribution in [3.05, 3.63) is 0 Å². The highest BCUT2D eigenvalue weighted by Gasteiger charge is 2.21. The van der Waals surface area contributed by atoms with Crippen LogP contribution in [0.1, 0.15) is 34.1 Å². The Hall–Kier alpha value is -0.0400. The predicted octanol–water partition coefficient (Wildman–Crippen LogP) is 2.49. The van der Waals surface area contributed by atoms with Crippen LogP contribution < -0.4 is 0 Å². The molecule has 9 heavy (non-hydrogen) atoms. The van der Waals surface area contributed by atoms with Crippen molar-refractivity contribution < 1.29 is 5.11 Å². The van der Waals surface area contributed by atoms with E-state index in [2.05, 4.69) is 27.7 Å². The third kappa shape index (κ3) is 2.85. The fourth-order valence-electron chi connectivity index (χ4n) is 0.980. The van der Waals surface area contributed by atoms with Gasteiger partial charge >= 0.3 is 0 Å². The van der Waals surface area contributed by atoms with Gasteiger partial charge in [-0.05, 0) is 11.3 Å². The van der Waals surface area contributed by atoms with Crippen molar-refractivity contribution in [1.82, 2.24) is 0 Å². The Morgan fingerprint density at radius 2 is 1.78 bits per heavy atom. The van der Waals surface area contributed by atoms with E-state index in [4.69, 9.17) is 0 Å². The van der Waals surface area contributed by atoms with E-state index in [9.17, 15) is 5.11 Å². The molecule has 0 amide bonds. The van der Waals surface area contributed by atoms with E-state index < -0.39 is 0 Å². The molecule has 0 aliphatic heterocycles. The summed E-state index contributed by atoms with van der Waals surface area (Å²) in [6, 6.07) is 0. The molecule has 0 N–H and O–H groups in total. The minimum absolute atomic E-state index is 0.0694. The van der Waals surface area contributed by atoms with Gasteiger partial charge in [-0.25, -0.2) is 5.11 Å². The average molecular weight is 129 g/mol. The van der Waals surface area contributed by atoms with Gasteiger partial charge in [0.25, 0.3) is 0 Å². The van der Waals surface area contributed by atoms with Gasteiger partial charge in [0.05, 0.1) is 6.61 Å². The second kappa shape index (κ2) is 3.21. The highest BCUT2D eigenvalue weighted by Crippen LogP contribution is 2.27. The standard InChI is InChI=1S/C8H17O/c1-5-7(6-9)8(2,3)4/h7H,5-6H2,1-4H3. The zero-order chi connectivity index (χ0) is 7.49. The first-order valence-corrected chi connectivity index (χ1v) is 3.60. The molecule has 1 atom stereocenters. The van der Waals surface area contributed by atoms with Gasteiger partial charge in [-0.1, -0.05) is 34.1 Å². The topological polar surface area (TPSA) is 19.9 Å². The van der Waals surface area contributed by atoms with Crippen LogP contribution in [0.2, 0.25) is 0 Å². The van der Waals surface area contributed by atoms with Gasteiger partial charge in [0.15, 0.2) is 0 Å². The molecule has 0 saturated heterocycles. The molecule has 0 bridgehead atoms. The smallest absolute Gasteiger partial charge is 0.0855 e. The van der Waals surface area contributed by atoms with E-state index in [1.807, 2.05) is 0 Å². The van der Waals surface area contributed by atoms with Crippen LogP contribution in [0.3, 0.4) is 0 Å². The minimum Gasteiger partial charge on any atom is -0.236 e. The summed E-state index contributed by atoms with van der Waals surface area (Å²) in [6.07, 6.45) is 1.01. The van der Waals surface area contributed by atoms with Gasteiger partial charge < -0.3 is 0 Å². The van der Waals surface area contributed by atoms with Gasteiger partial charge in [-0.2, -0.15) is 0 Å². The molecule has 1 nitrogen and oxygen atoms in total. The van der Waals surface area contributed by atoms with Crippen LogP contribution in [-0.4, -0.2) is 6.61 Å². The Bertz CT molecular complexity index is 67.1. The van der Waals surface area contributed by atoms with Crippen molar-refractivity contribution in [2.24, 2.45) is 11.3 Å². The Kier molecular flexibility index (Phi) is 3.20. The van der Waals surface area contributed by atoms with E-state index in [0.717, 1.165) is 6.42 Å². The lowest BCUT2D eigenvalue weighted by molar-refractivity contribution is 0.0781. The summed E-state index contributed by atoms with van der Waals surface area (Å²) in [7, 11) is 0. The van der Waals surface area contributed by atoms with Crippen LogP contribution in [0.15, 0.2) is 0 Å². The normalized spacial score (nSPS) is 15.7. The fourth-order valence-corrected chi connectivity index (χ4v) is 0.980. The predicted molar refractivity (Wildman–Crippen MR) is 38.8 cm³/mol. The van der Waals surface area contributed by atoms with Crippen LogP contribution in [0.4, 0.5) is 0 Å². The van der Waals surface area contributed by atoms with Crippen LogP contribution in [0, 0.1) is 11.3 Å². The third-order valence-corrected chi connectivity index (χ3v) is 1.92. The van der Waals surface area contributed by atoms with Crippen molar-refractivity contribution in [2.45, 2.75) is 34.1 Å². The quantitative estimate of drug-likeness (QED) is 0.546. The maximum atomic E-state index is 10.5. The Balaban J connectivity index is 3.79. The zero-order valence-electron chi connectivity index (χ0n) is 6.90. The zero-order valence-corrected chi connectivity index (χ0v) is 6.90. The fraction of sp³-hybridized carbons (Fsp3) is 1.00. The van der Waals surface area contributed by atoms with E-state index in [1.54, 1.807) is 0 Å². The van der Waals surface area contributed by atoms with Crippen molar-refractivity contribution in [1.29, 1.82) is 0 Å². The molecule has 0 aliphatic carbocycles. The van der Waals surface area contributed by atoms with Crippen molar-refractivity contribution in [3.63, 3.8) is 0 Å². The van der Waals surface area contributed by atoms with Crippen LogP contribution in [-0.2, 0) is 5.11 Å². The first-order valence-electron chi connectivity index (χ1n) is 3.60. The summed E-state index contributed by atoms with van der Waals surface area (Å²) >= 11 is 0. The molecule has 0 aromatic carbocycles. The maximum Gasteiger partial charge on any atom is 0.0855 e. The monoisotopic (exact) mass is 129 g/mol. The van der Waals surface area contributed by atoms with Gasteiger partial charge in [0.2, 0.25) is 0 Å². The first-order chi connectivity index (χ1) is 4.02. The molecule has 1 unspecified atom stereocenters. The van der Waals surface area contributed by atoms with Crippen molar-refractivity contribution in [3.8, 4) is 0 Å². The molecule has 0 aromatic rings. The molecule has 0 spiro atoms.